The number of hydrogen-bond donors (Lipinski definition) is 1. The molecular formula is C23H18FN3O2S. The molecule has 30 heavy (non-hydrogen) atoms. The number of thioether (sulfide) groups is 1. The van der Waals surface area contributed by atoms with Crippen molar-refractivity contribution in [1.29, 1.82) is 0 Å². The van der Waals surface area contributed by atoms with E-state index < -0.39 is 0 Å². The standard InChI is InChI=1S/C23H18FN3O2S/c1-29-18-10-8-17(9-11-18)25-21(28)14-30-23-19-13-16(24)7-12-20(19)26-22(27-23)15-5-3-2-4-6-15/h2-13H,14H2,1H3,(H,25,28). The molecule has 1 N–H and O–H groups in total. The van der Waals surface area contributed by atoms with Crippen molar-refractivity contribution in [2.24, 2.45) is 0 Å². The molecule has 150 valence electrons. The zero-order valence-electron chi connectivity index (χ0n) is 16.1. The van der Waals surface area contributed by atoms with Crippen LogP contribution in [0.15, 0.2) is 77.8 Å². The van der Waals surface area contributed by atoms with Gasteiger partial charge in [-0.25, -0.2) is 14.4 Å². The van der Waals surface area contributed by atoms with E-state index >= 15 is 0 Å². The molecule has 0 radical (unpaired) electrons. The maximum Gasteiger partial charge on any atom is 0.234 e. The van der Waals surface area contributed by atoms with E-state index in [-0.39, 0.29) is 17.5 Å². The van der Waals surface area contributed by atoms with Gasteiger partial charge in [0.25, 0.3) is 0 Å². The maximum absolute atomic E-state index is 13.8. The van der Waals surface area contributed by atoms with Crippen LogP contribution in [0, 0.1) is 5.82 Å². The van der Waals surface area contributed by atoms with Gasteiger partial charge in [-0.05, 0) is 42.5 Å². The Hall–Kier alpha value is -3.45. The minimum absolute atomic E-state index is 0.128. The fraction of sp³-hybridized carbons (Fsp3) is 0.0870. The summed E-state index contributed by atoms with van der Waals surface area (Å²) in [5.74, 6) is 0.818. The van der Waals surface area contributed by atoms with E-state index in [4.69, 9.17) is 4.74 Å². The summed E-state index contributed by atoms with van der Waals surface area (Å²) >= 11 is 1.25. The highest BCUT2D eigenvalue weighted by atomic mass is 32.2. The van der Waals surface area contributed by atoms with Gasteiger partial charge >= 0.3 is 0 Å². The Morgan fingerprint density at radius 2 is 1.80 bits per heavy atom. The Balaban J connectivity index is 1.57. The zero-order valence-corrected chi connectivity index (χ0v) is 16.9. The number of rotatable bonds is 6. The molecule has 0 fully saturated rings. The number of carbonyl (C=O) groups is 1. The largest absolute Gasteiger partial charge is 0.497 e. The molecule has 0 bridgehead atoms. The molecule has 1 amide bonds. The van der Waals surface area contributed by atoms with Crippen molar-refractivity contribution >= 4 is 34.3 Å². The second-order valence-electron chi connectivity index (χ2n) is 6.45. The van der Waals surface area contributed by atoms with Gasteiger partial charge in [0.1, 0.15) is 16.6 Å². The normalized spacial score (nSPS) is 10.7. The van der Waals surface area contributed by atoms with Crippen molar-refractivity contribution in [2.45, 2.75) is 5.03 Å². The lowest BCUT2D eigenvalue weighted by molar-refractivity contribution is -0.113. The van der Waals surface area contributed by atoms with Gasteiger partial charge in [-0.1, -0.05) is 42.1 Å². The quantitative estimate of drug-likeness (QED) is 0.345. The first-order chi connectivity index (χ1) is 14.6. The number of carbonyl (C=O) groups excluding carboxylic acids is 1. The van der Waals surface area contributed by atoms with Gasteiger partial charge in [0.15, 0.2) is 5.82 Å². The number of nitrogens with zero attached hydrogens (tertiary/aromatic N) is 2. The molecule has 1 heterocycles. The number of aromatic nitrogens is 2. The van der Waals surface area contributed by atoms with Crippen LogP contribution in [-0.4, -0.2) is 28.7 Å². The number of hydrogen-bond acceptors (Lipinski definition) is 5. The van der Waals surface area contributed by atoms with Crippen LogP contribution in [0.4, 0.5) is 10.1 Å². The first kappa shape index (κ1) is 19.8. The third-order valence-corrected chi connectivity index (χ3v) is 5.36. The average molecular weight is 419 g/mol. The van der Waals surface area contributed by atoms with Gasteiger partial charge in [0.05, 0.1) is 18.4 Å². The number of halogens is 1. The lowest BCUT2D eigenvalue weighted by Crippen LogP contribution is -2.14. The van der Waals surface area contributed by atoms with E-state index in [0.717, 1.165) is 5.56 Å². The molecular weight excluding hydrogens is 401 g/mol. The van der Waals surface area contributed by atoms with Crippen molar-refractivity contribution in [2.75, 3.05) is 18.2 Å². The number of nitrogens with one attached hydrogen (secondary N) is 1. The summed E-state index contributed by atoms with van der Waals surface area (Å²) in [5, 5.41) is 3.98. The molecule has 0 aliphatic heterocycles. The number of ether oxygens (including phenoxy) is 1. The number of methoxy groups -OCH3 is 1. The third kappa shape index (κ3) is 4.58. The molecule has 0 spiro atoms. The van der Waals surface area contributed by atoms with Crippen molar-refractivity contribution in [3.63, 3.8) is 0 Å². The van der Waals surface area contributed by atoms with Gasteiger partial charge < -0.3 is 10.1 Å². The van der Waals surface area contributed by atoms with Gasteiger partial charge in [0.2, 0.25) is 5.91 Å². The summed E-state index contributed by atoms with van der Waals surface area (Å²) in [6.07, 6.45) is 0. The second-order valence-corrected chi connectivity index (χ2v) is 7.41. The van der Waals surface area contributed by atoms with Crippen LogP contribution < -0.4 is 10.1 Å². The third-order valence-electron chi connectivity index (χ3n) is 4.37. The van der Waals surface area contributed by atoms with Crippen LogP contribution in [0.25, 0.3) is 22.3 Å². The molecule has 1 aromatic heterocycles. The summed E-state index contributed by atoms with van der Waals surface area (Å²) in [6, 6.07) is 21.0. The van der Waals surface area contributed by atoms with Crippen LogP contribution in [-0.2, 0) is 4.79 Å². The maximum atomic E-state index is 13.8. The first-order valence-electron chi connectivity index (χ1n) is 9.22. The molecule has 5 nitrogen and oxygen atoms in total. The van der Waals surface area contributed by atoms with E-state index in [1.807, 2.05) is 30.3 Å². The molecule has 4 rings (SSSR count). The molecule has 3 aromatic carbocycles. The molecule has 4 aromatic rings. The smallest absolute Gasteiger partial charge is 0.234 e. The van der Waals surface area contributed by atoms with Crippen molar-refractivity contribution in [1.82, 2.24) is 9.97 Å². The first-order valence-corrected chi connectivity index (χ1v) is 10.2. The molecule has 0 saturated carbocycles. The Labute approximate surface area is 177 Å². The zero-order chi connectivity index (χ0) is 20.9. The SMILES string of the molecule is COc1ccc(NC(=O)CSc2nc(-c3ccccc3)nc3ccc(F)cc23)cc1. The van der Waals surface area contributed by atoms with Crippen LogP contribution in [0.1, 0.15) is 0 Å². The van der Waals surface area contributed by atoms with E-state index in [1.165, 1.54) is 23.9 Å². The highest BCUT2D eigenvalue weighted by Crippen LogP contribution is 2.29. The molecule has 0 aliphatic carbocycles. The second kappa shape index (κ2) is 8.92. The molecule has 0 atom stereocenters. The van der Waals surface area contributed by atoms with Gasteiger partial charge in [0, 0.05) is 16.6 Å². The Morgan fingerprint density at radius 3 is 2.53 bits per heavy atom. The predicted octanol–water partition coefficient (Wildman–Crippen LogP) is 5.18. The average Bonchev–Trinajstić information content (AvgIpc) is 2.78. The van der Waals surface area contributed by atoms with Crippen molar-refractivity contribution in [3.05, 3.63) is 78.6 Å². The number of benzene rings is 3. The summed E-state index contributed by atoms with van der Waals surface area (Å²) < 4.78 is 19.0. The molecule has 0 unspecified atom stereocenters. The number of amides is 1. The Bertz CT molecular complexity index is 1180. The van der Waals surface area contributed by atoms with E-state index in [0.29, 0.717) is 33.2 Å². The molecule has 7 heteroatoms. The summed E-state index contributed by atoms with van der Waals surface area (Å²) in [6.45, 7) is 0. The molecule has 0 aliphatic rings. The van der Waals surface area contributed by atoms with E-state index in [2.05, 4.69) is 15.3 Å². The van der Waals surface area contributed by atoms with Crippen LogP contribution in [0.5, 0.6) is 5.75 Å². The fourth-order valence-electron chi connectivity index (χ4n) is 2.90. The minimum Gasteiger partial charge on any atom is -0.497 e. The highest BCUT2D eigenvalue weighted by Gasteiger charge is 2.13. The summed E-state index contributed by atoms with van der Waals surface area (Å²) in [5.41, 5.74) is 2.15. The monoisotopic (exact) mass is 419 g/mol. The lowest BCUT2D eigenvalue weighted by atomic mass is 10.2. The van der Waals surface area contributed by atoms with Crippen LogP contribution in [0.2, 0.25) is 0 Å². The van der Waals surface area contributed by atoms with E-state index in [1.54, 1.807) is 37.4 Å². The minimum atomic E-state index is -0.372. The Kier molecular flexibility index (Phi) is 5.90. The van der Waals surface area contributed by atoms with Crippen molar-refractivity contribution in [3.8, 4) is 17.1 Å². The van der Waals surface area contributed by atoms with Crippen LogP contribution in [0.3, 0.4) is 0 Å². The Morgan fingerprint density at radius 1 is 1.03 bits per heavy atom. The van der Waals surface area contributed by atoms with E-state index in [9.17, 15) is 9.18 Å². The van der Waals surface area contributed by atoms with Gasteiger partial charge in [-0.15, -0.1) is 0 Å². The predicted molar refractivity (Wildman–Crippen MR) is 117 cm³/mol. The highest BCUT2D eigenvalue weighted by molar-refractivity contribution is 8.00. The summed E-state index contributed by atoms with van der Waals surface area (Å²) in [7, 11) is 1.59. The fourth-order valence-corrected chi connectivity index (χ4v) is 3.71. The summed E-state index contributed by atoms with van der Waals surface area (Å²) in [4.78, 5) is 21.6. The molecule has 0 saturated heterocycles. The number of fused-ring (bicyclic) bond motifs is 1. The number of anilines is 1. The lowest BCUT2D eigenvalue weighted by Gasteiger charge is -2.10. The van der Waals surface area contributed by atoms with Gasteiger partial charge in [-0.2, -0.15) is 0 Å². The van der Waals surface area contributed by atoms with Crippen molar-refractivity contribution < 1.29 is 13.9 Å². The van der Waals surface area contributed by atoms with Gasteiger partial charge in [-0.3, -0.25) is 4.79 Å². The van der Waals surface area contributed by atoms with Crippen LogP contribution >= 0.6 is 11.8 Å². The topological polar surface area (TPSA) is 64.1 Å².